The third kappa shape index (κ3) is 5.89. The van der Waals surface area contributed by atoms with Gasteiger partial charge in [-0.15, -0.1) is 0 Å². The number of fused-ring (bicyclic) bond motifs is 12. The van der Waals surface area contributed by atoms with E-state index >= 15 is 0 Å². The predicted molar refractivity (Wildman–Crippen MR) is 272 cm³/mol. The molecule has 0 saturated carbocycles. The summed E-state index contributed by atoms with van der Waals surface area (Å²) in [6, 6.07) is 92.9. The average molecular weight is 842 g/mol. The van der Waals surface area contributed by atoms with E-state index in [2.05, 4.69) is 260 Å². The van der Waals surface area contributed by atoms with Gasteiger partial charge in [-0.3, -0.25) is 0 Å². The molecular weight excluding hydrogens is 799 g/mol. The number of hydrogen-bond acceptors (Lipinski definition) is 2. The van der Waals surface area contributed by atoms with Gasteiger partial charge in [0.15, 0.2) is 0 Å². The fraction of sp³-hybridized carbons (Fsp3) is 0.0312. The number of benzene rings is 10. The van der Waals surface area contributed by atoms with Crippen LogP contribution in [-0.4, -0.2) is 0 Å². The lowest BCUT2D eigenvalue weighted by Crippen LogP contribution is -2.25. The molecule has 0 amide bonds. The molecule has 2 nitrogen and oxygen atoms in total. The lowest BCUT2D eigenvalue weighted by Gasteiger charge is -2.30. The molecule has 66 heavy (non-hydrogen) atoms. The first-order valence-corrected chi connectivity index (χ1v) is 22.9. The van der Waals surface area contributed by atoms with Crippen LogP contribution in [0.3, 0.4) is 0 Å². The molecule has 0 bridgehead atoms. The standard InChI is InChI=1S/C64H43NO/c1-5-17-45(18-6-1)61(46-19-7-2-8-20-46)47-31-29-43(30-32-47)48-36-40-58-56(41-48)63-62(55-26-14-16-28-60(55)66-63)64(58)57-27-15-13-25-53(57)54-39-35-49(42-59(54)64)44-33-37-52(38-34-44)65(50-21-9-3-10-22-50)51-23-11-4-12-24-51/h1-42,61H. The first kappa shape index (κ1) is 38.0. The van der Waals surface area contributed by atoms with Crippen LogP contribution in [0.2, 0.25) is 0 Å². The van der Waals surface area contributed by atoms with Crippen LogP contribution in [0.25, 0.3) is 55.7 Å². The van der Waals surface area contributed by atoms with Crippen LogP contribution >= 0.6 is 0 Å². The van der Waals surface area contributed by atoms with Crippen molar-refractivity contribution in [1.29, 1.82) is 0 Å². The molecule has 0 fully saturated rings. The fourth-order valence-corrected chi connectivity index (χ4v) is 11.1. The van der Waals surface area contributed by atoms with Gasteiger partial charge in [0.05, 0.1) is 5.41 Å². The van der Waals surface area contributed by atoms with Gasteiger partial charge < -0.3 is 9.32 Å². The molecule has 1 aromatic heterocycles. The van der Waals surface area contributed by atoms with Crippen molar-refractivity contribution in [3.8, 4) is 44.7 Å². The number of hydrogen-bond donors (Lipinski definition) is 0. The van der Waals surface area contributed by atoms with E-state index in [-0.39, 0.29) is 5.92 Å². The zero-order chi connectivity index (χ0) is 43.6. The molecular formula is C64H43NO. The van der Waals surface area contributed by atoms with Crippen molar-refractivity contribution in [2.45, 2.75) is 11.3 Å². The van der Waals surface area contributed by atoms with E-state index in [4.69, 9.17) is 4.42 Å². The molecule has 1 atom stereocenters. The SMILES string of the molecule is c1ccc(C(c2ccccc2)c2ccc(-c3ccc4c(c3)-c3oc5ccccc5c3C43c4ccccc4-c4ccc(-c5ccc(N(c6ccccc6)c6ccccc6)cc5)cc43)cc2)cc1. The number of anilines is 3. The van der Waals surface area contributed by atoms with E-state index < -0.39 is 5.41 Å². The van der Waals surface area contributed by atoms with E-state index in [1.807, 2.05) is 0 Å². The molecule has 310 valence electrons. The maximum absolute atomic E-state index is 7.01. The van der Waals surface area contributed by atoms with Crippen molar-refractivity contribution in [1.82, 2.24) is 0 Å². The van der Waals surface area contributed by atoms with E-state index in [0.29, 0.717) is 0 Å². The second-order valence-electron chi connectivity index (χ2n) is 17.5. The van der Waals surface area contributed by atoms with Crippen molar-refractivity contribution < 1.29 is 4.42 Å². The summed E-state index contributed by atoms with van der Waals surface area (Å²) in [5, 5.41) is 1.15. The molecule has 10 aromatic carbocycles. The van der Waals surface area contributed by atoms with E-state index in [9.17, 15) is 0 Å². The van der Waals surface area contributed by atoms with Gasteiger partial charge >= 0.3 is 0 Å². The summed E-state index contributed by atoms with van der Waals surface area (Å²) in [5.41, 5.74) is 21.0. The Balaban J connectivity index is 0.943. The molecule has 2 heteroatoms. The normalized spacial score (nSPS) is 14.3. The Morgan fingerprint density at radius 3 is 1.47 bits per heavy atom. The Morgan fingerprint density at radius 2 is 0.803 bits per heavy atom. The van der Waals surface area contributed by atoms with E-state index in [0.717, 1.165) is 39.4 Å². The number of rotatable bonds is 8. The zero-order valence-electron chi connectivity index (χ0n) is 36.2. The molecule has 0 aliphatic heterocycles. The van der Waals surface area contributed by atoms with Crippen molar-refractivity contribution >= 4 is 28.0 Å². The van der Waals surface area contributed by atoms with Crippen molar-refractivity contribution in [3.63, 3.8) is 0 Å². The summed E-state index contributed by atoms with van der Waals surface area (Å²) >= 11 is 0. The van der Waals surface area contributed by atoms with Crippen LogP contribution in [0, 0.1) is 0 Å². The smallest absolute Gasteiger partial charge is 0.140 e. The van der Waals surface area contributed by atoms with Crippen molar-refractivity contribution in [2.24, 2.45) is 0 Å². The Hall–Kier alpha value is -8.46. The van der Waals surface area contributed by atoms with Gasteiger partial charge in [0.1, 0.15) is 11.3 Å². The van der Waals surface area contributed by atoms with Gasteiger partial charge in [0.25, 0.3) is 0 Å². The van der Waals surface area contributed by atoms with Crippen LogP contribution in [0.1, 0.15) is 44.9 Å². The quantitative estimate of drug-likeness (QED) is 0.142. The second-order valence-corrected chi connectivity index (χ2v) is 17.5. The summed E-state index contributed by atoms with van der Waals surface area (Å²) in [5.74, 6) is 1.10. The van der Waals surface area contributed by atoms with Crippen LogP contribution < -0.4 is 4.90 Å². The summed E-state index contributed by atoms with van der Waals surface area (Å²) in [6.45, 7) is 0. The van der Waals surface area contributed by atoms with Gasteiger partial charge in [0, 0.05) is 39.5 Å². The third-order valence-electron chi connectivity index (χ3n) is 14.0. The highest BCUT2D eigenvalue weighted by Crippen LogP contribution is 2.65. The minimum atomic E-state index is -0.572. The third-order valence-corrected chi connectivity index (χ3v) is 14.0. The monoisotopic (exact) mass is 841 g/mol. The molecule has 0 N–H and O–H groups in total. The lowest BCUT2D eigenvalue weighted by molar-refractivity contribution is 0.628. The lowest BCUT2D eigenvalue weighted by atomic mass is 9.69. The highest BCUT2D eigenvalue weighted by molar-refractivity contribution is 6.03. The van der Waals surface area contributed by atoms with Crippen molar-refractivity contribution in [2.75, 3.05) is 4.90 Å². The van der Waals surface area contributed by atoms with Crippen LogP contribution in [0.4, 0.5) is 17.1 Å². The Morgan fingerprint density at radius 1 is 0.333 bits per heavy atom. The summed E-state index contributed by atoms with van der Waals surface area (Å²) < 4.78 is 7.01. The summed E-state index contributed by atoms with van der Waals surface area (Å²) in [6.07, 6.45) is 0. The van der Waals surface area contributed by atoms with Crippen LogP contribution in [0.15, 0.2) is 259 Å². The van der Waals surface area contributed by atoms with Gasteiger partial charge in [-0.25, -0.2) is 0 Å². The summed E-state index contributed by atoms with van der Waals surface area (Å²) in [7, 11) is 0. The van der Waals surface area contributed by atoms with Gasteiger partial charge in [0.2, 0.25) is 0 Å². The molecule has 2 aliphatic rings. The van der Waals surface area contributed by atoms with Crippen LogP contribution in [-0.2, 0) is 5.41 Å². The second kappa shape index (κ2) is 15.4. The minimum absolute atomic E-state index is 0.142. The highest BCUT2D eigenvalue weighted by Gasteiger charge is 2.54. The molecule has 1 spiro atoms. The summed E-state index contributed by atoms with van der Waals surface area (Å²) in [4.78, 5) is 2.31. The molecule has 0 radical (unpaired) electrons. The van der Waals surface area contributed by atoms with Crippen LogP contribution in [0.5, 0.6) is 0 Å². The Kier molecular flexibility index (Phi) is 8.86. The molecule has 0 saturated heterocycles. The Labute approximate surface area is 385 Å². The first-order valence-electron chi connectivity index (χ1n) is 22.9. The highest BCUT2D eigenvalue weighted by atomic mass is 16.3. The van der Waals surface area contributed by atoms with Gasteiger partial charge in [-0.1, -0.05) is 200 Å². The number of furan rings is 1. The fourth-order valence-electron chi connectivity index (χ4n) is 11.1. The first-order chi connectivity index (χ1) is 32.7. The average Bonchev–Trinajstić information content (AvgIpc) is 4.01. The molecule has 1 heterocycles. The van der Waals surface area contributed by atoms with Gasteiger partial charge in [-0.2, -0.15) is 0 Å². The number of para-hydroxylation sites is 3. The topological polar surface area (TPSA) is 16.4 Å². The Bertz CT molecular complexity index is 3480. The minimum Gasteiger partial charge on any atom is -0.456 e. The largest absolute Gasteiger partial charge is 0.456 e. The maximum Gasteiger partial charge on any atom is 0.140 e. The molecule has 1 unspecified atom stereocenters. The molecule has 2 aliphatic carbocycles. The van der Waals surface area contributed by atoms with Crippen molar-refractivity contribution in [3.05, 3.63) is 294 Å². The van der Waals surface area contributed by atoms with Gasteiger partial charge in [-0.05, 0) is 121 Å². The maximum atomic E-state index is 7.01. The predicted octanol–water partition coefficient (Wildman–Crippen LogP) is 16.8. The molecule has 11 aromatic rings. The number of nitrogens with zero attached hydrogens (tertiary/aromatic N) is 1. The molecule has 13 rings (SSSR count). The van der Waals surface area contributed by atoms with E-state index in [1.165, 1.54) is 72.3 Å². The zero-order valence-corrected chi connectivity index (χ0v) is 36.2. The van der Waals surface area contributed by atoms with E-state index in [1.54, 1.807) is 0 Å².